The Bertz CT molecular complexity index is 1310. The van der Waals surface area contributed by atoms with E-state index in [9.17, 15) is 4.79 Å². The molecule has 0 bridgehead atoms. The molecule has 0 aliphatic carbocycles. The van der Waals surface area contributed by atoms with Crippen LogP contribution in [0.2, 0.25) is 0 Å². The first-order chi connectivity index (χ1) is 17.9. The molecular weight excluding hydrogens is 460 g/mol. The molecule has 4 rings (SSSR count). The molecule has 188 valence electrons. The van der Waals surface area contributed by atoms with Gasteiger partial charge in [0.25, 0.3) is 5.91 Å². The third kappa shape index (κ3) is 7.31. The number of benzene rings is 4. The first-order valence-electron chi connectivity index (χ1n) is 12.3. The van der Waals surface area contributed by atoms with E-state index in [-0.39, 0.29) is 17.9 Å². The minimum Gasteiger partial charge on any atom is -0.489 e. The second-order valence-electron chi connectivity index (χ2n) is 9.44. The van der Waals surface area contributed by atoms with E-state index in [2.05, 4.69) is 67.7 Å². The maximum Gasteiger partial charge on any atom is 0.277 e. The highest BCUT2D eigenvalue weighted by molar-refractivity contribution is 5.83. The van der Waals surface area contributed by atoms with E-state index >= 15 is 0 Å². The van der Waals surface area contributed by atoms with E-state index in [0.29, 0.717) is 12.4 Å². The Labute approximate surface area is 218 Å². The molecule has 0 aliphatic rings. The lowest BCUT2D eigenvalue weighted by Gasteiger charge is -2.26. The van der Waals surface area contributed by atoms with Crippen molar-refractivity contribution in [2.24, 2.45) is 5.10 Å². The Balaban J connectivity index is 1.21. The fourth-order valence-corrected chi connectivity index (χ4v) is 3.85. The van der Waals surface area contributed by atoms with Crippen molar-refractivity contribution in [1.82, 2.24) is 5.43 Å². The maximum absolute atomic E-state index is 12.1. The molecule has 0 heterocycles. The number of amides is 1. The molecule has 0 aliphatic heterocycles. The van der Waals surface area contributed by atoms with E-state index in [0.717, 1.165) is 16.9 Å². The number of aryl methyl sites for hydroxylation is 1. The summed E-state index contributed by atoms with van der Waals surface area (Å²) < 4.78 is 11.4. The molecule has 5 nitrogen and oxygen atoms in total. The fraction of sp³-hybridized carbons (Fsp3) is 0.188. The van der Waals surface area contributed by atoms with Gasteiger partial charge in [-0.2, -0.15) is 5.10 Å². The molecule has 37 heavy (non-hydrogen) atoms. The second-order valence-corrected chi connectivity index (χ2v) is 9.44. The topological polar surface area (TPSA) is 59.9 Å². The summed E-state index contributed by atoms with van der Waals surface area (Å²) in [5.74, 6) is 1.07. The Kier molecular flexibility index (Phi) is 8.37. The highest BCUT2D eigenvalue weighted by Crippen LogP contribution is 2.32. The molecule has 1 amide bonds. The highest BCUT2D eigenvalue weighted by atomic mass is 16.5. The van der Waals surface area contributed by atoms with Crippen LogP contribution >= 0.6 is 0 Å². The van der Waals surface area contributed by atoms with Gasteiger partial charge in [0.1, 0.15) is 18.1 Å². The van der Waals surface area contributed by atoms with Gasteiger partial charge in [0.15, 0.2) is 6.61 Å². The molecule has 4 aromatic rings. The Morgan fingerprint density at radius 3 is 2.05 bits per heavy atom. The quantitative estimate of drug-likeness (QED) is 0.205. The lowest BCUT2D eigenvalue weighted by atomic mass is 9.78. The van der Waals surface area contributed by atoms with Gasteiger partial charge in [0.05, 0.1) is 6.21 Å². The first-order valence-corrected chi connectivity index (χ1v) is 12.3. The number of nitrogens with one attached hydrogen (secondary N) is 1. The number of ether oxygens (including phenoxy) is 2. The minimum absolute atomic E-state index is 0.120. The van der Waals surface area contributed by atoms with Gasteiger partial charge < -0.3 is 9.47 Å². The normalized spacial score (nSPS) is 11.3. The van der Waals surface area contributed by atoms with E-state index in [4.69, 9.17) is 9.47 Å². The van der Waals surface area contributed by atoms with Crippen molar-refractivity contribution in [3.05, 3.63) is 131 Å². The zero-order valence-corrected chi connectivity index (χ0v) is 21.5. The van der Waals surface area contributed by atoms with Crippen molar-refractivity contribution in [1.29, 1.82) is 0 Å². The van der Waals surface area contributed by atoms with Gasteiger partial charge in [-0.05, 0) is 65.6 Å². The van der Waals surface area contributed by atoms with E-state index < -0.39 is 0 Å². The lowest BCUT2D eigenvalue weighted by molar-refractivity contribution is -0.123. The van der Waals surface area contributed by atoms with Crippen LogP contribution in [0.15, 0.2) is 108 Å². The zero-order chi connectivity index (χ0) is 26.1. The van der Waals surface area contributed by atoms with E-state index in [1.54, 1.807) is 6.21 Å². The lowest BCUT2D eigenvalue weighted by Crippen LogP contribution is -2.24. The van der Waals surface area contributed by atoms with Gasteiger partial charge in [-0.25, -0.2) is 5.43 Å². The number of hydrogen-bond donors (Lipinski definition) is 1. The Morgan fingerprint density at radius 1 is 0.784 bits per heavy atom. The molecule has 0 radical (unpaired) electrons. The predicted molar refractivity (Wildman–Crippen MR) is 148 cm³/mol. The molecule has 0 atom stereocenters. The SMILES string of the molecule is Cc1ccc(COc2ccc(/C=N/NC(=O)COc3ccc(C(C)(C)c4ccccc4)cc3)cc2)cc1. The average molecular weight is 493 g/mol. The van der Waals surface area contributed by atoms with Crippen molar-refractivity contribution < 1.29 is 14.3 Å². The predicted octanol–water partition coefficient (Wildman–Crippen LogP) is 6.43. The number of hydrogen-bond acceptors (Lipinski definition) is 4. The first kappa shape index (κ1) is 25.7. The van der Waals surface area contributed by atoms with Crippen LogP contribution in [0.5, 0.6) is 11.5 Å². The zero-order valence-electron chi connectivity index (χ0n) is 21.5. The number of rotatable bonds is 10. The Morgan fingerprint density at radius 2 is 1.38 bits per heavy atom. The summed E-state index contributed by atoms with van der Waals surface area (Å²) in [6.07, 6.45) is 1.59. The summed E-state index contributed by atoms with van der Waals surface area (Å²) >= 11 is 0. The molecule has 5 heteroatoms. The van der Waals surface area contributed by atoms with Crippen LogP contribution in [0, 0.1) is 6.92 Å². The molecule has 0 spiro atoms. The molecule has 0 aromatic heterocycles. The number of nitrogens with zero attached hydrogens (tertiary/aromatic N) is 1. The van der Waals surface area contributed by atoms with Gasteiger partial charge in [0, 0.05) is 5.41 Å². The van der Waals surface area contributed by atoms with Crippen molar-refractivity contribution in [2.75, 3.05) is 6.61 Å². The van der Waals surface area contributed by atoms with Crippen molar-refractivity contribution in [2.45, 2.75) is 32.8 Å². The largest absolute Gasteiger partial charge is 0.489 e. The van der Waals surface area contributed by atoms with Crippen LogP contribution in [0.1, 0.15) is 41.7 Å². The number of hydrazone groups is 1. The van der Waals surface area contributed by atoms with E-state index in [1.165, 1.54) is 16.7 Å². The van der Waals surface area contributed by atoms with Crippen LogP contribution in [0.4, 0.5) is 0 Å². The van der Waals surface area contributed by atoms with Crippen LogP contribution in [0.3, 0.4) is 0 Å². The monoisotopic (exact) mass is 492 g/mol. The third-order valence-electron chi connectivity index (χ3n) is 6.25. The number of carbonyl (C=O) groups excluding carboxylic acids is 1. The molecule has 0 saturated heterocycles. The molecule has 0 unspecified atom stereocenters. The van der Waals surface area contributed by atoms with Crippen LogP contribution in [-0.4, -0.2) is 18.7 Å². The molecular formula is C32H32N2O3. The van der Waals surface area contributed by atoms with Crippen LogP contribution < -0.4 is 14.9 Å². The minimum atomic E-state index is -0.331. The maximum atomic E-state index is 12.1. The fourth-order valence-electron chi connectivity index (χ4n) is 3.85. The second kappa shape index (κ2) is 12.0. The summed E-state index contributed by atoms with van der Waals surface area (Å²) in [6.45, 7) is 6.83. The Hall–Kier alpha value is -4.38. The summed E-state index contributed by atoms with van der Waals surface area (Å²) in [5, 5.41) is 4.02. The smallest absolute Gasteiger partial charge is 0.277 e. The van der Waals surface area contributed by atoms with E-state index in [1.807, 2.05) is 66.7 Å². The third-order valence-corrected chi connectivity index (χ3v) is 6.25. The van der Waals surface area contributed by atoms with Crippen molar-refractivity contribution in [3.63, 3.8) is 0 Å². The van der Waals surface area contributed by atoms with Gasteiger partial charge in [-0.1, -0.05) is 86.1 Å². The van der Waals surface area contributed by atoms with Crippen LogP contribution in [-0.2, 0) is 16.8 Å². The van der Waals surface area contributed by atoms with Gasteiger partial charge in [-0.3, -0.25) is 4.79 Å². The molecule has 0 fully saturated rings. The number of carbonyl (C=O) groups is 1. The summed E-state index contributed by atoms with van der Waals surface area (Å²) in [6, 6.07) is 34.0. The van der Waals surface area contributed by atoms with Crippen molar-refractivity contribution in [3.8, 4) is 11.5 Å². The van der Waals surface area contributed by atoms with Crippen LogP contribution in [0.25, 0.3) is 0 Å². The van der Waals surface area contributed by atoms with Gasteiger partial charge in [0.2, 0.25) is 0 Å². The standard InChI is InChI=1S/C32H32N2O3/c1-24-9-11-26(12-10-24)22-36-29-17-13-25(14-18-29)21-33-34-31(35)23-37-30-19-15-28(16-20-30)32(2,3)27-7-5-4-6-8-27/h4-21H,22-23H2,1-3H3,(H,34,35)/b33-21+. The molecule has 0 saturated carbocycles. The van der Waals surface area contributed by atoms with Gasteiger partial charge in [-0.15, -0.1) is 0 Å². The highest BCUT2D eigenvalue weighted by Gasteiger charge is 2.22. The summed E-state index contributed by atoms with van der Waals surface area (Å²) in [4.78, 5) is 12.1. The van der Waals surface area contributed by atoms with Crippen molar-refractivity contribution >= 4 is 12.1 Å². The summed E-state index contributed by atoms with van der Waals surface area (Å²) in [7, 11) is 0. The average Bonchev–Trinajstić information content (AvgIpc) is 2.93. The van der Waals surface area contributed by atoms with Gasteiger partial charge >= 0.3 is 0 Å². The molecule has 4 aromatic carbocycles. The summed E-state index contributed by atoms with van der Waals surface area (Å²) in [5.41, 5.74) is 7.98. The molecule has 1 N–H and O–H groups in total.